The molecule has 2 rings (SSSR count). The van der Waals surface area contributed by atoms with Crippen LogP contribution >= 0.6 is 0 Å². The van der Waals surface area contributed by atoms with Crippen LogP contribution < -0.4 is 15.4 Å². The molecule has 0 spiro atoms. The number of aryl methyl sites for hydroxylation is 2. The lowest BCUT2D eigenvalue weighted by Gasteiger charge is -2.15. The minimum atomic E-state index is -0.355. The number of hydrogen-bond acceptors (Lipinski definition) is 3. The third kappa shape index (κ3) is 7.29. The Morgan fingerprint density at radius 2 is 2.11 bits per heavy atom. The number of hydrogen-bond donors (Lipinski definition) is 2. The quantitative estimate of drug-likeness (QED) is 0.380. The molecule has 0 aliphatic carbocycles. The first-order valence-corrected chi connectivity index (χ1v) is 9.51. The van der Waals surface area contributed by atoms with Gasteiger partial charge in [0.25, 0.3) is 0 Å². The SMILES string of the molecule is CCNC(=NCC(C)Oc1ccccc1F)NCCCCn1ccnc1C. The van der Waals surface area contributed by atoms with Gasteiger partial charge in [-0.1, -0.05) is 12.1 Å². The Hall–Kier alpha value is -2.57. The lowest BCUT2D eigenvalue weighted by Crippen LogP contribution is -2.38. The van der Waals surface area contributed by atoms with Gasteiger partial charge in [0.2, 0.25) is 0 Å². The fourth-order valence-corrected chi connectivity index (χ4v) is 2.61. The number of para-hydroxylation sites is 1. The molecule has 1 heterocycles. The smallest absolute Gasteiger partial charge is 0.191 e. The molecule has 1 aromatic carbocycles. The Kier molecular flexibility index (Phi) is 8.61. The van der Waals surface area contributed by atoms with E-state index >= 15 is 0 Å². The van der Waals surface area contributed by atoms with Gasteiger partial charge in [-0.25, -0.2) is 14.4 Å². The average Bonchev–Trinajstić information content (AvgIpc) is 3.06. The summed E-state index contributed by atoms with van der Waals surface area (Å²) in [5.74, 6) is 1.70. The minimum absolute atomic E-state index is 0.221. The van der Waals surface area contributed by atoms with Crippen LogP contribution in [0.2, 0.25) is 0 Å². The second kappa shape index (κ2) is 11.2. The van der Waals surface area contributed by atoms with E-state index in [1.54, 1.807) is 18.2 Å². The van der Waals surface area contributed by atoms with Gasteiger partial charge in [0.05, 0.1) is 6.54 Å². The molecule has 0 bridgehead atoms. The normalized spacial score (nSPS) is 12.7. The fraction of sp³-hybridized carbons (Fsp3) is 0.500. The summed E-state index contributed by atoms with van der Waals surface area (Å²) in [4.78, 5) is 8.76. The van der Waals surface area contributed by atoms with E-state index in [1.807, 2.05) is 33.2 Å². The highest BCUT2D eigenvalue weighted by atomic mass is 19.1. The second-order valence-corrected chi connectivity index (χ2v) is 6.38. The summed E-state index contributed by atoms with van der Waals surface area (Å²) >= 11 is 0. The number of halogens is 1. The van der Waals surface area contributed by atoms with Crippen molar-refractivity contribution in [2.45, 2.75) is 46.3 Å². The standard InChI is InChI=1S/C20H30FN5O/c1-4-22-20(24-11-7-8-13-26-14-12-23-17(26)3)25-15-16(2)27-19-10-6-5-9-18(19)21/h5-6,9-10,12,14,16H,4,7-8,11,13,15H2,1-3H3,(H2,22,24,25). The predicted octanol–water partition coefficient (Wildman–Crippen LogP) is 3.13. The monoisotopic (exact) mass is 375 g/mol. The zero-order valence-electron chi connectivity index (χ0n) is 16.4. The number of aromatic nitrogens is 2. The number of imidazole rings is 1. The van der Waals surface area contributed by atoms with Crippen molar-refractivity contribution in [3.8, 4) is 5.75 Å². The van der Waals surface area contributed by atoms with E-state index in [1.165, 1.54) is 6.07 Å². The number of nitrogens with one attached hydrogen (secondary N) is 2. The van der Waals surface area contributed by atoms with Crippen LogP contribution in [0, 0.1) is 12.7 Å². The molecule has 148 valence electrons. The molecular formula is C20H30FN5O. The lowest BCUT2D eigenvalue weighted by molar-refractivity contribution is 0.220. The maximum Gasteiger partial charge on any atom is 0.191 e. The van der Waals surface area contributed by atoms with Gasteiger partial charge >= 0.3 is 0 Å². The molecule has 27 heavy (non-hydrogen) atoms. The molecule has 0 radical (unpaired) electrons. The van der Waals surface area contributed by atoms with Crippen molar-refractivity contribution in [3.05, 3.63) is 48.3 Å². The van der Waals surface area contributed by atoms with Crippen molar-refractivity contribution in [3.63, 3.8) is 0 Å². The Morgan fingerprint density at radius 1 is 1.30 bits per heavy atom. The van der Waals surface area contributed by atoms with Crippen LogP contribution in [0.25, 0.3) is 0 Å². The van der Waals surface area contributed by atoms with Gasteiger partial charge in [0.1, 0.15) is 11.9 Å². The predicted molar refractivity (Wildman–Crippen MR) is 107 cm³/mol. The van der Waals surface area contributed by atoms with E-state index < -0.39 is 0 Å². The maximum absolute atomic E-state index is 13.6. The fourth-order valence-electron chi connectivity index (χ4n) is 2.61. The Bertz CT molecular complexity index is 716. The van der Waals surface area contributed by atoms with Gasteiger partial charge in [-0.3, -0.25) is 0 Å². The van der Waals surface area contributed by atoms with E-state index in [0.717, 1.165) is 44.3 Å². The molecule has 0 aliphatic heterocycles. The van der Waals surface area contributed by atoms with E-state index in [2.05, 4.69) is 25.2 Å². The molecule has 2 N–H and O–H groups in total. The Morgan fingerprint density at radius 3 is 2.81 bits per heavy atom. The zero-order valence-corrected chi connectivity index (χ0v) is 16.4. The van der Waals surface area contributed by atoms with Crippen molar-refractivity contribution in [1.29, 1.82) is 0 Å². The van der Waals surface area contributed by atoms with Crippen molar-refractivity contribution in [1.82, 2.24) is 20.2 Å². The van der Waals surface area contributed by atoms with E-state index in [9.17, 15) is 4.39 Å². The highest BCUT2D eigenvalue weighted by Crippen LogP contribution is 2.16. The van der Waals surface area contributed by atoms with Gasteiger partial charge in [0.15, 0.2) is 17.5 Å². The first-order valence-electron chi connectivity index (χ1n) is 9.51. The van der Waals surface area contributed by atoms with Crippen molar-refractivity contribution in [2.75, 3.05) is 19.6 Å². The number of benzene rings is 1. The number of rotatable bonds is 10. The van der Waals surface area contributed by atoms with Crippen LogP contribution in [0.5, 0.6) is 5.75 Å². The van der Waals surface area contributed by atoms with Crippen LogP contribution in [0.4, 0.5) is 4.39 Å². The molecular weight excluding hydrogens is 345 g/mol. The van der Waals surface area contributed by atoms with Gasteiger partial charge in [-0.2, -0.15) is 0 Å². The van der Waals surface area contributed by atoms with Crippen LogP contribution in [0.3, 0.4) is 0 Å². The molecule has 1 unspecified atom stereocenters. The zero-order chi connectivity index (χ0) is 19.5. The minimum Gasteiger partial charge on any atom is -0.486 e. The van der Waals surface area contributed by atoms with Crippen LogP contribution in [-0.2, 0) is 6.54 Å². The summed E-state index contributed by atoms with van der Waals surface area (Å²) in [6.45, 7) is 8.95. The van der Waals surface area contributed by atoms with E-state index in [-0.39, 0.29) is 17.7 Å². The summed E-state index contributed by atoms with van der Waals surface area (Å²) in [6, 6.07) is 6.42. The highest BCUT2D eigenvalue weighted by Gasteiger charge is 2.08. The number of unbranched alkanes of at least 4 members (excludes halogenated alkanes) is 1. The molecule has 0 saturated carbocycles. The van der Waals surface area contributed by atoms with E-state index in [0.29, 0.717) is 6.54 Å². The lowest BCUT2D eigenvalue weighted by atomic mass is 10.3. The summed E-state index contributed by atoms with van der Waals surface area (Å²) in [7, 11) is 0. The Balaban J connectivity index is 1.72. The summed E-state index contributed by atoms with van der Waals surface area (Å²) in [5, 5.41) is 6.55. The third-order valence-corrected chi connectivity index (χ3v) is 4.06. The molecule has 1 atom stereocenters. The topological polar surface area (TPSA) is 63.5 Å². The summed E-state index contributed by atoms with van der Waals surface area (Å²) in [6.07, 6.45) is 5.71. The first kappa shape index (κ1) is 20.7. The van der Waals surface area contributed by atoms with Crippen molar-refractivity contribution >= 4 is 5.96 Å². The van der Waals surface area contributed by atoms with E-state index in [4.69, 9.17) is 4.74 Å². The van der Waals surface area contributed by atoms with Gasteiger partial charge in [-0.05, 0) is 45.7 Å². The second-order valence-electron chi connectivity index (χ2n) is 6.38. The van der Waals surface area contributed by atoms with Gasteiger partial charge in [-0.15, -0.1) is 0 Å². The largest absolute Gasteiger partial charge is 0.486 e. The summed E-state index contributed by atoms with van der Waals surface area (Å²) < 4.78 is 21.4. The molecule has 0 amide bonds. The summed E-state index contributed by atoms with van der Waals surface area (Å²) in [5.41, 5.74) is 0. The molecule has 7 heteroatoms. The van der Waals surface area contributed by atoms with Gasteiger partial charge in [0, 0.05) is 32.0 Å². The number of nitrogens with zero attached hydrogens (tertiary/aromatic N) is 3. The molecule has 2 aromatic rings. The number of ether oxygens (including phenoxy) is 1. The third-order valence-electron chi connectivity index (χ3n) is 4.06. The van der Waals surface area contributed by atoms with Crippen molar-refractivity contribution in [2.24, 2.45) is 4.99 Å². The molecule has 0 aliphatic rings. The van der Waals surface area contributed by atoms with Crippen LogP contribution in [-0.4, -0.2) is 41.2 Å². The average molecular weight is 375 g/mol. The maximum atomic E-state index is 13.6. The molecule has 0 saturated heterocycles. The Labute approximate surface area is 160 Å². The highest BCUT2D eigenvalue weighted by molar-refractivity contribution is 5.79. The number of guanidine groups is 1. The van der Waals surface area contributed by atoms with Crippen molar-refractivity contribution < 1.29 is 9.13 Å². The molecule has 1 aromatic heterocycles. The number of aliphatic imine (C=N–C) groups is 1. The van der Waals surface area contributed by atoms with Gasteiger partial charge < -0.3 is 19.9 Å². The van der Waals surface area contributed by atoms with Crippen LogP contribution in [0.15, 0.2) is 41.7 Å². The van der Waals surface area contributed by atoms with Crippen LogP contribution in [0.1, 0.15) is 32.5 Å². The first-order chi connectivity index (χ1) is 13.1. The molecule has 0 fully saturated rings. The molecule has 6 nitrogen and oxygen atoms in total.